The Morgan fingerprint density at radius 3 is 2.15 bits per heavy atom. The quantitative estimate of drug-likeness (QED) is 0.520. The molecule has 1 aliphatic carbocycles. The lowest BCUT2D eigenvalue weighted by atomic mass is 9.84. The van der Waals surface area contributed by atoms with Gasteiger partial charge in [-0.05, 0) is 39.5 Å². The second-order valence-electron chi connectivity index (χ2n) is 7.84. The van der Waals surface area contributed by atoms with E-state index in [-0.39, 0.29) is 18.4 Å². The molecule has 1 aliphatic rings. The maximum atomic E-state index is 12.2. The minimum atomic E-state index is -1.19. The smallest absolute Gasteiger partial charge is 0.410 e. The average molecular weight is 372 g/mol. The Kier molecular flexibility index (Phi) is 7.87. The Hall–Kier alpha value is -1.83. The van der Waals surface area contributed by atoms with Crippen molar-refractivity contribution in [3.05, 3.63) is 0 Å². The van der Waals surface area contributed by atoms with Crippen LogP contribution in [0.1, 0.15) is 66.7 Å². The molecule has 0 saturated heterocycles. The predicted molar refractivity (Wildman–Crippen MR) is 95.1 cm³/mol. The molecule has 1 fully saturated rings. The summed E-state index contributed by atoms with van der Waals surface area (Å²) >= 11 is 0. The van der Waals surface area contributed by atoms with E-state index in [4.69, 9.17) is 19.9 Å². The molecule has 1 rings (SSSR count). The monoisotopic (exact) mass is 372 g/mol. The number of amides is 1. The molecule has 0 radical (unpaired) electrons. The molecule has 8 heteroatoms. The van der Waals surface area contributed by atoms with Crippen molar-refractivity contribution in [1.82, 2.24) is 5.32 Å². The molecular formula is C18H32N2O6. The van der Waals surface area contributed by atoms with Crippen molar-refractivity contribution in [2.45, 2.75) is 84.2 Å². The summed E-state index contributed by atoms with van der Waals surface area (Å²) in [6.45, 7) is 8.06. The van der Waals surface area contributed by atoms with Gasteiger partial charge in [-0.2, -0.15) is 0 Å². The number of rotatable bonds is 7. The third-order valence-corrected chi connectivity index (χ3v) is 4.20. The Labute approximate surface area is 155 Å². The largest absolute Gasteiger partial charge is 0.457 e. The van der Waals surface area contributed by atoms with Crippen molar-refractivity contribution in [1.29, 1.82) is 0 Å². The maximum absolute atomic E-state index is 12.2. The van der Waals surface area contributed by atoms with Crippen LogP contribution in [0.15, 0.2) is 0 Å². The molecule has 8 nitrogen and oxygen atoms in total. The van der Waals surface area contributed by atoms with Gasteiger partial charge in [0.2, 0.25) is 0 Å². The summed E-state index contributed by atoms with van der Waals surface area (Å²) in [4.78, 5) is 35.5. The van der Waals surface area contributed by atoms with Crippen LogP contribution in [-0.2, 0) is 23.8 Å². The van der Waals surface area contributed by atoms with Gasteiger partial charge in [0.1, 0.15) is 11.1 Å². The molecule has 1 saturated carbocycles. The van der Waals surface area contributed by atoms with E-state index in [0.29, 0.717) is 12.8 Å². The van der Waals surface area contributed by atoms with Crippen molar-refractivity contribution in [3.8, 4) is 0 Å². The summed E-state index contributed by atoms with van der Waals surface area (Å²) in [6, 6.07) is 0. The Bertz CT molecular complexity index is 506. The van der Waals surface area contributed by atoms with Gasteiger partial charge in [0.05, 0.1) is 6.54 Å². The molecule has 0 spiro atoms. The number of alkyl carbamates (subject to hydrolysis) is 1. The van der Waals surface area contributed by atoms with Crippen LogP contribution >= 0.6 is 0 Å². The van der Waals surface area contributed by atoms with Crippen LogP contribution in [0.5, 0.6) is 0 Å². The lowest BCUT2D eigenvalue weighted by Crippen LogP contribution is -2.49. The Morgan fingerprint density at radius 1 is 1.12 bits per heavy atom. The highest BCUT2D eigenvalue weighted by Crippen LogP contribution is 2.31. The van der Waals surface area contributed by atoms with Gasteiger partial charge in [-0.1, -0.05) is 20.3 Å². The number of hydrogen-bond donors (Lipinski definition) is 2. The van der Waals surface area contributed by atoms with Crippen LogP contribution in [-0.4, -0.2) is 42.0 Å². The van der Waals surface area contributed by atoms with E-state index >= 15 is 0 Å². The topological polar surface area (TPSA) is 117 Å². The van der Waals surface area contributed by atoms with Gasteiger partial charge in [-0.15, -0.1) is 0 Å². The zero-order chi connectivity index (χ0) is 20.0. The summed E-state index contributed by atoms with van der Waals surface area (Å²) in [7, 11) is 0. The number of esters is 2. The van der Waals surface area contributed by atoms with E-state index in [9.17, 15) is 14.4 Å². The van der Waals surface area contributed by atoms with Gasteiger partial charge in [0.25, 0.3) is 6.29 Å². The fourth-order valence-electron chi connectivity index (χ4n) is 2.75. The van der Waals surface area contributed by atoms with Crippen molar-refractivity contribution >= 4 is 18.0 Å². The highest BCUT2D eigenvalue weighted by atomic mass is 16.7. The predicted octanol–water partition coefficient (Wildman–Crippen LogP) is 2.24. The van der Waals surface area contributed by atoms with Crippen molar-refractivity contribution < 1.29 is 28.6 Å². The molecule has 1 atom stereocenters. The van der Waals surface area contributed by atoms with Crippen LogP contribution < -0.4 is 11.1 Å². The molecule has 150 valence electrons. The third-order valence-electron chi connectivity index (χ3n) is 4.20. The number of carbonyl (C=O) groups excluding carboxylic acids is 3. The molecule has 0 bridgehead atoms. The maximum Gasteiger partial charge on any atom is 0.410 e. The van der Waals surface area contributed by atoms with Crippen LogP contribution in [0.4, 0.5) is 4.79 Å². The first-order valence-corrected chi connectivity index (χ1v) is 9.09. The number of nitrogens with two attached hydrogens (primary N) is 1. The van der Waals surface area contributed by atoms with Crippen LogP contribution in [0.3, 0.4) is 0 Å². The highest BCUT2D eigenvalue weighted by molar-refractivity contribution is 5.79. The standard InChI is InChI=1S/C18H32N2O6/c1-12(2)14(24-15(22)17(4,5)19)25-16(23)20-11-18(26-13(3)21)9-7-6-8-10-18/h12,14H,6-11,19H2,1-5H3,(H,20,23). The average Bonchev–Trinajstić information content (AvgIpc) is 2.51. The molecular weight excluding hydrogens is 340 g/mol. The fraction of sp³-hybridized carbons (Fsp3) is 0.833. The summed E-state index contributed by atoms with van der Waals surface area (Å²) in [5.74, 6) is -1.28. The highest BCUT2D eigenvalue weighted by Gasteiger charge is 2.36. The summed E-state index contributed by atoms with van der Waals surface area (Å²) < 4.78 is 15.9. The summed E-state index contributed by atoms with van der Waals surface area (Å²) in [5, 5.41) is 2.63. The van der Waals surface area contributed by atoms with Gasteiger partial charge in [-0.25, -0.2) is 9.59 Å². The number of hydrogen-bond acceptors (Lipinski definition) is 7. The second-order valence-corrected chi connectivity index (χ2v) is 7.84. The molecule has 0 aromatic heterocycles. The number of nitrogens with one attached hydrogen (secondary N) is 1. The minimum absolute atomic E-state index is 0.159. The fourth-order valence-corrected chi connectivity index (χ4v) is 2.75. The summed E-state index contributed by atoms with van der Waals surface area (Å²) in [6.07, 6.45) is 2.54. The minimum Gasteiger partial charge on any atom is -0.457 e. The van der Waals surface area contributed by atoms with E-state index in [2.05, 4.69) is 5.32 Å². The first kappa shape index (κ1) is 22.2. The van der Waals surface area contributed by atoms with Gasteiger partial charge < -0.3 is 25.3 Å². The van der Waals surface area contributed by atoms with Crippen molar-refractivity contribution in [2.24, 2.45) is 11.7 Å². The van der Waals surface area contributed by atoms with E-state index in [1.54, 1.807) is 13.8 Å². The van der Waals surface area contributed by atoms with Gasteiger partial charge >= 0.3 is 18.0 Å². The van der Waals surface area contributed by atoms with E-state index in [0.717, 1.165) is 19.3 Å². The second kappa shape index (κ2) is 9.21. The first-order chi connectivity index (χ1) is 11.9. The SMILES string of the molecule is CC(=O)OC1(CNC(=O)OC(OC(=O)C(C)(C)N)C(C)C)CCCCC1. The normalized spacial score (nSPS) is 18.0. The van der Waals surface area contributed by atoms with Crippen LogP contribution in [0.25, 0.3) is 0 Å². The van der Waals surface area contributed by atoms with Gasteiger partial charge in [-0.3, -0.25) is 4.79 Å². The Balaban J connectivity index is 2.63. The first-order valence-electron chi connectivity index (χ1n) is 9.09. The zero-order valence-electron chi connectivity index (χ0n) is 16.4. The summed E-state index contributed by atoms with van der Waals surface area (Å²) in [5.41, 5.74) is 3.81. The van der Waals surface area contributed by atoms with Gasteiger partial charge in [0, 0.05) is 12.8 Å². The molecule has 0 aromatic rings. The third kappa shape index (κ3) is 7.19. The molecule has 26 heavy (non-hydrogen) atoms. The van der Waals surface area contributed by atoms with E-state index < -0.39 is 29.5 Å². The Morgan fingerprint density at radius 2 is 1.69 bits per heavy atom. The number of ether oxygens (including phenoxy) is 3. The van der Waals surface area contributed by atoms with Crippen LogP contribution in [0.2, 0.25) is 0 Å². The molecule has 3 N–H and O–H groups in total. The van der Waals surface area contributed by atoms with Crippen molar-refractivity contribution in [3.63, 3.8) is 0 Å². The van der Waals surface area contributed by atoms with E-state index in [1.807, 2.05) is 0 Å². The lowest BCUT2D eigenvalue weighted by Gasteiger charge is -2.36. The molecule has 0 heterocycles. The molecule has 1 unspecified atom stereocenters. The zero-order valence-corrected chi connectivity index (χ0v) is 16.4. The lowest BCUT2D eigenvalue weighted by molar-refractivity contribution is -0.180. The van der Waals surface area contributed by atoms with Gasteiger partial charge in [0.15, 0.2) is 0 Å². The van der Waals surface area contributed by atoms with E-state index in [1.165, 1.54) is 20.8 Å². The molecule has 0 aliphatic heterocycles. The van der Waals surface area contributed by atoms with Crippen molar-refractivity contribution in [2.75, 3.05) is 6.54 Å². The molecule has 1 amide bonds. The number of carbonyl (C=O) groups is 3. The van der Waals surface area contributed by atoms with Crippen LogP contribution in [0, 0.1) is 5.92 Å². The molecule has 0 aromatic carbocycles.